The molecule has 2 aliphatic rings. The van der Waals surface area contributed by atoms with Crippen LogP contribution in [0.4, 0.5) is 22.7 Å². The lowest BCUT2D eigenvalue weighted by Gasteiger charge is -2.37. The van der Waals surface area contributed by atoms with Crippen molar-refractivity contribution in [3.63, 3.8) is 0 Å². The van der Waals surface area contributed by atoms with Crippen LogP contribution in [-0.4, -0.2) is 78.2 Å². The molecule has 0 aliphatic carbocycles. The van der Waals surface area contributed by atoms with Gasteiger partial charge in [-0.3, -0.25) is 30.3 Å². The van der Waals surface area contributed by atoms with Crippen LogP contribution < -0.4 is 15.1 Å². The van der Waals surface area contributed by atoms with Crippen molar-refractivity contribution in [3.8, 4) is 0 Å². The minimum absolute atomic E-state index is 0.0366. The Morgan fingerprint density at radius 3 is 2.14 bits per heavy atom. The van der Waals surface area contributed by atoms with E-state index in [1.807, 2.05) is 9.80 Å². The molecule has 12 nitrogen and oxygen atoms in total. The molecule has 2 saturated heterocycles. The van der Waals surface area contributed by atoms with E-state index in [2.05, 4.69) is 10.2 Å². The fraction of sp³-hybridized carbons (Fsp3) is 0.364. The highest BCUT2D eigenvalue weighted by molar-refractivity contribution is 7.80. The average Bonchev–Trinajstić information content (AvgIpc) is 2.89. The van der Waals surface area contributed by atoms with Gasteiger partial charge in [-0.15, -0.1) is 0 Å². The summed E-state index contributed by atoms with van der Waals surface area (Å²) in [6, 6.07) is 10.8. The van der Waals surface area contributed by atoms with Crippen molar-refractivity contribution in [2.75, 3.05) is 62.3 Å². The highest BCUT2D eigenvalue weighted by atomic mass is 32.1. The Balaban J connectivity index is 1.36. The molecule has 2 heterocycles. The number of thiocarbonyl (C=S) groups is 1. The van der Waals surface area contributed by atoms with Crippen LogP contribution >= 0.6 is 12.2 Å². The van der Waals surface area contributed by atoms with Crippen LogP contribution in [0.5, 0.6) is 0 Å². The number of nitro groups is 2. The number of non-ortho nitro benzene ring substituents is 1. The van der Waals surface area contributed by atoms with Crippen LogP contribution in [0.25, 0.3) is 0 Å². The van der Waals surface area contributed by atoms with Gasteiger partial charge in [0.05, 0.1) is 23.1 Å². The minimum Gasteiger partial charge on any atom is -0.378 e. The molecule has 1 amide bonds. The summed E-state index contributed by atoms with van der Waals surface area (Å²) < 4.78 is 5.31. The van der Waals surface area contributed by atoms with E-state index in [0.29, 0.717) is 58.2 Å². The Kier molecular flexibility index (Phi) is 7.36. The first kappa shape index (κ1) is 24.3. The predicted octanol–water partition coefficient (Wildman–Crippen LogP) is 2.18. The summed E-state index contributed by atoms with van der Waals surface area (Å²) in [5.41, 5.74) is 1.38. The van der Waals surface area contributed by atoms with E-state index in [4.69, 9.17) is 17.0 Å². The zero-order chi connectivity index (χ0) is 24.9. The lowest BCUT2D eigenvalue weighted by atomic mass is 10.1. The van der Waals surface area contributed by atoms with Crippen molar-refractivity contribution >= 4 is 46.0 Å². The first-order valence-corrected chi connectivity index (χ1v) is 11.4. The zero-order valence-electron chi connectivity index (χ0n) is 18.8. The van der Waals surface area contributed by atoms with E-state index in [1.165, 1.54) is 18.2 Å². The van der Waals surface area contributed by atoms with E-state index < -0.39 is 15.8 Å². The number of morpholine rings is 1. The van der Waals surface area contributed by atoms with E-state index in [0.717, 1.165) is 5.69 Å². The number of piperazine rings is 1. The van der Waals surface area contributed by atoms with Crippen LogP contribution in [0.1, 0.15) is 10.4 Å². The van der Waals surface area contributed by atoms with Gasteiger partial charge in [-0.1, -0.05) is 0 Å². The lowest BCUT2D eigenvalue weighted by molar-refractivity contribution is -0.384. The van der Waals surface area contributed by atoms with Crippen LogP contribution in [0.2, 0.25) is 0 Å². The monoisotopic (exact) mass is 500 g/mol. The predicted molar refractivity (Wildman–Crippen MR) is 133 cm³/mol. The van der Waals surface area contributed by atoms with Crippen molar-refractivity contribution in [2.45, 2.75) is 0 Å². The number of nitrogens with one attached hydrogen (secondary N) is 1. The summed E-state index contributed by atoms with van der Waals surface area (Å²) >= 11 is 5.41. The third kappa shape index (κ3) is 5.63. The van der Waals surface area contributed by atoms with Crippen molar-refractivity contribution in [2.24, 2.45) is 0 Å². The Hall–Kier alpha value is -3.84. The molecule has 184 valence electrons. The summed E-state index contributed by atoms with van der Waals surface area (Å²) in [4.78, 5) is 40.2. The number of benzene rings is 2. The molecule has 4 rings (SSSR count). The normalized spacial score (nSPS) is 16.1. The maximum atomic E-state index is 12.8. The summed E-state index contributed by atoms with van der Waals surface area (Å²) in [6.07, 6.45) is 0. The maximum absolute atomic E-state index is 12.8. The SMILES string of the molecule is O=C(NC(=S)N1CCN(c2ccc([N+](=O)[O-])cc2)CC1)c1ccc(N2CCOCC2)c([N+](=O)[O-])c1. The van der Waals surface area contributed by atoms with Crippen molar-refractivity contribution in [3.05, 3.63) is 68.3 Å². The third-order valence-corrected chi connectivity index (χ3v) is 6.36. The van der Waals surface area contributed by atoms with E-state index in [-0.39, 0.29) is 22.1 Å². The van der Waals surface area contributed by atoms with E-state index in [9.17, 15) is 25.0 Å². The van der Waals surface area contributed by atoms with Crippen LogP contribution in [0.15, 0.2) is 42.5 Å². The van der Waals surface area contributed by atoms with Gasteiger partial charge in [-0.25, -0.2) is 0 Å². The number of carbonyl (C=O) groups excluding carboxylic acids is 1. The van der Waals surface area contributed by atoms with Gasteiger partial charge in [0.25, 0.3) is 17.3 Å². The van der Waals surface area contributed by atoms with Gasteiger partial charge in [0, 0.05) is 68.7 Å². The highest BCUT2D eigenvalue weighted by Gasteiger charge is 2.25. The van der Waals surface area contributed by atoms with Gasteiger partial charge in [0.2, 0.25) is 0 Å². The molecular weight excluding hydrogens is 476 g/mol. The smallest absolute Gasteiger partial charge is 0.293 e. The Morgan fingerprint density at radius 2 is 1.54 bits per heavy atom. The molecule has 0 bridgehead atoms. The van der Waals surface area contributed by atoms with Gasteiger partial charge in [-0.05, 0) is 36.5 Å². The first-order chi connectivity index (χ1) is 16.8. The van der Waals surface area contributed by atoms with Gasteiger partial charge in [0.1, 0.15) is 5.69 Å². The summed E-state index contributed by atoms with van der Waals surface area (Å²) in [5, 5.41) is 25.4. The van der Waals surface area contributed by atoms with Crippen molar-refractivity contribution < 1.29 is 19.4 Å². The molecular formula is C22H24N6O6S. The summed E-state index contributed by atoms with van der Waals surface area (Å²) in [7, 11) is 0. The molecule has 2 aromatic carbocycles. The second-order valence-electron chi connectivity index (χ2n) is 8.07. The highest BCUT2D eigenvalue weighted by Crippen LogP contribution is 2.30. The number of nitrogens with zero attached hydrogens (tertiary/aromatic N) is 5. The molecule has 2 aliphatic heterocycles. The molecule has 0 spiro atoms. The van der Waals surface area contributed by atoms with Crippen LogP contribution in [0.3, 0.4) is 0 Å². The first-order valence-electron chi connectivity index (χ1n) is 11.0. The molecule has 13 heteroatoms. The third-order valence-electron chi connectivity index (χ3n) is 6.00. The van der Waals surface area contributed by atoms with Gasteiger partial charge in [0.15, 0.2) is 5.11 Å². The summed E-state index contributed by atoms with van der Waals surface area (Å²) in [6.45, 7) is 4.40. The lowest BCUT2D eigenvalue weighted by Crippen LogP contribution is -2.52. The number of hydrogen-bond acceptors (Lipinski definition) is 9. The molecule has 0 unspecified atom stereocenters. The number of hydrogen-bond donors (Lipinski definition) is 1. The quantitative estimate of drug-likeness (QED) is 0.370. The van der Waals surface area contributed by atoms with Crippen LogP contribution in [0, 0.1) is 20.2 Å². The second-order valence-corrected chi connectivity index (χ2v) is 8.45. The Labute approximate surface area is 206 Å². The van der Waals surface area contributed by atoms with Gasteiger partial charge >= 0.3 is 0 Å². The van der Waals surface area contributed by atoms with Gasteiger partial charge in [-0.2, -0.15) is 0 Å². The molecule has 1 N–H and O–H groups in total. The Bertz CT molecular complexity index is 1130. The van der Waals surface area contributed by atoms with Crippen LogP contribution in [-0.2, 0) is 4.74 Å². The number of nitro benzene ring substituents is 2. The molecule has 0 aromatic heterocycles. The van der Waals surface area contributed by atoms with Gasteiger partial charge < -0.3 is 19.4 Å². The fourth-order valence-corrected chi connectivity index (χ4v) is 4.36. The minimum atomic E-state index is -0.510. The average molecular weight is 501 g/mol. The number of amides is 1. The van der Waals surface area contributed by atoms with Crippen molar-refractivity contribution in [1.29, 1.82) is 0 Å². The number of carbonyl (C=O) groups is 1. The number of anilines is 2. The Morgan fingerprint density at radius 1 is 0.886 bits per heavy atom. The summed E-state index contributed by atoms with van der Waals surface area (Å²) in [5.74, 6) is -0.510. The molecule has 0 saturated carbocycles. The fourth-order valence-electron chi connectivity index (χ4n) is 4.08. The molecule has 2 fully saturated rings. The van der Waals surface area contributed by atoms with Crippen molar-refractivity contribution in [1.82, 2.24) is 10.2 Å². The second kappa shape index (κ2) is 10.6. The molecule has 2 aromatic rings. The maximum Gasteiger partial charge on any atom is 0.293 e. The number of ether oxygens (including phenoxy) is 1. The standard InChI is InChI=1S/C22H24N6O6S/c29-21(16-1-6-19(20(15-16)28(32)33)25-11-13-34-14-12-25)23-22(35)26-9-7-24(8-10-26)17-2-4-18(5-3-17)27(30)31/h1-6,15H,7-14H2,(H,23,29,35). The topological polar surface area (TPSA) is 134 Å². The molecule has 0 radical (unpaired) electrons. The number of rotatable bonds is 5. The van der Waals surface area contributed by atoms with E-state index >= 15 is 0 Å². The van der Waals surface area contributed by atoms with E-state index in [1.54, 1.807) is 24.3 Å². The largest absolute Gasteiger partial charge is 0.378 e. The molecule has 35 heavy (non-hydrogen) atoms. The molecule has 0 atom stereocenters. The zero-order valence-corrected chi connectivity index (χ0v) is 19.6.